The number of fused-ring (bicyclic) bond motifs is 1. The monoisotopic (exact) mass is 404 g/mol. The van der Waals surface area contributed by atoms with Crippen molar-refractivity contribution in [2.75, 3.05) is 18.5 Å². The first-order valence-corrected chi connectivity index (χ1v) is 9.62. The highest BCUT2D eigenvalue weighted by atomic mass is 35.5. The topological polar surface area (TPSA) is 96.9 Å². The first-order valence-electron chi connectivity index (χ1n) is 9.24. The summed E-state index contributed by atoms with van der Waals surface area (Å²) in [6.07, 6.45) is 1.10. The van der Waals surface area contributed by atoms with Crippen LogP contribution >= 0.6 is 11.6 Å². The summed E-state index contributed by atoms with van der Waals surface area (Å²) in [5.41, 5.74) is 0.701. The summed E-state index contributed by atoms with van der Waals surface area (Å²) in [7, 11) is 1.58. The van der Waals surface area contributed by atoms with E-state index in [0.29, 0.717) is 35.2 Å². The lowest BCUT2D eigenvalue weighted by Crippen LogP contribution is -2.40. The van der Waals surface area contributed by atoms with Crippen molar-refractivity contribution in [3.8, 4) is 0 Å². The molecule has 150 valence electrons. The molecule has 0 aliphatic heterocycles. The van der Waals surface area contributed by atoms with E-state index in [-0.39, 0.29) is 19.6 Å². The number of aromatic nitrogens is 4. The second kappa shape index (κ2) is 8.62. The molecule has 2 aromatic heterocycles. The Hall–Kier alpha value is -2.58. The minimum absolute atomic E-state index is 0.0921. The normalized spacial score (nSPS) is 11.3. The third kappa shape index (κ3) is 3.83. The molecule has 0 atom stereocenters. The first kappa shape index (κ1) is 20.2. The number of hydrogen-bond acceptors (Lipinski definition) is 5. The number of nitrogens with one attached hydrogen (secondary N) is 1. The van der Waals surface area contributed by atoms with Crippen LogP contribution in [0.4, 0.5) is 5.95 Å². The van der Waals surface area contributed by atoms with Crippen LogP contribution < -0.4 is 21.7 Å². The zero-order valence-corrected chi connectivity index (χ0v) is 16.7. The molecular formula is C19H23ClN5O3-. The Labute approximate surface area is 167 Å². The fourth-order valence-electron chi connectivity index (χ4n) is 3.09. The largest absolute Gasteiger partial charge is 0.854 e. The molecule has 0 fully saturated rings. The summed E-state index contributed by atoms with van der Waals surface area (Å²) in [4.78, 5) is 30.2. The molecule has 0 bridgehead atoms. The maximum atomic E-state index is 13.1. The first-order chi connectivity index (χ1) is 13.5. The van der Waals surface area contributed by atoms with E-state index in [2.05, 4.69) is 10.3 Å². The molecule has 0 aliphatic carbocycles. The maximum Gasteiger partial charge on any atom is 0.332 e. The third-order valence-electron chi connectivity index (χ3n) is 4.55. The van der Waals surface area contributed by atoms with E-state index >= 15 is 0 Å². The number of nitrogens with zero attached hydrogens (tertiary/aromatic N) is 4. The van der Waals surface area contributed by atoms with Gasteiger partial charge in [0.05, 0.1) is 6.54 Å². The van der Waals surface area contributed by atoms with Crippen molar-refractivity contribution in [3.05, 3.63) is 55.7 Å². The molecule has 0 spiro atoms. The van der Waals surface area contributed by atoms with Crippen molar-refractivity contribution < 1.29 is 5.11 Å². The van der Waals surface area contributed by atoms with Gasteiger partial charge in [0.25, 0.3) is 5.56 Å². The van der Waals surface area contributed by atoms with Crippen molar-refractivity contribution in [3.63, 3.8) is 0 Å². The molecule has 1 aromatic carbocycles. The molecular weight excluding hydrogens is 382 g/mol. The standard InChI is InChI=1S/C19H23ClN5O3/c1-3-9-21-18-22-16-15(25(18)12-13-5-7-14(20)8-6-13)17(27)24(10-4-11-26)19(28)23(16)2/h5-8H,3-4,9-12H2,1-2H3,(H,21,22)/q-1. The molecule has 1 N–H and O–H groups in total. The van der Waals surface area contributed by atoms with Gasteiger partial charge in [0.15, 0.2) is 11.2 Å². The Balaban J connectivity index is 2.22. The van der Waals surface area contributed by atoms with Gasteiger partial charge in [-0.1, -0.05) is 37.1 Å². The lowest BCUT2D eigenvalue weighted by molar-refractivity contribution is -0.368. The van der Waals surface area contributed by atoms with Crippen LogP contribution in [0.15, 0.2) is 33.9 Å². The quantitative estimate of drug-likeness (QED) is 0.607. The lowest BCUT2D eigenvalue weighted by Gasteiger charge is -2.12. The maximum absolute atomic E-state index is 13.1. The second-order valence-corrected chi connectivity index (χ2v) is 7.04. The van der Waals surface area contributed by atoms with Gasteiger partial charge in [-0.25, -0.2) is 4.79 Å². The van der Waals surface area contributed by atoms with E-state index in [9.17, 15) is 14.7 Å². The molecule has 3 rings (SSSR count). The van der Waals surface area contributed by atoms with E-state index in [0.717, 1.165) is 16.6 Å². The van der Waals surface area contributed by atoms with Gasteiger partial charge in [-0.3, -0.25) is 18.5 Å². The molecule has 28 heavy (non-hydrogen) atoms. The molecule has 8 nitrogen and oxygen atoms in total. The number of benzene rings is 1. The van der Waals surface area contributed by atoms with Gasteiger partial charge < -0.3 is 10.4 Å². The Kier molecular flexibility index (Phi) is 6.21. The van der Waals surface area contributed by atoms with Crippen molar-refractivity contribution in [1.82, 2.24) is 18.7 Å². The van der Waals surface area contributed by atoms with Crippen molar-refractivity contribution in [1.29, 1.82) is 0 Å². The highest BCUT2D eigenvalue weighted by Crippen LogP contribution is 2.19. The molecule has 9 heteroatoms. The van der Waals surface area contributed by atoms with Crippen molar-refractivity contribution in [2.24, 2.45) is 7.05 Å². The summed E-state index contributed by atoms with van der Waals surface area (Å²) in [5, 5.41) is 14.7. The fourth-order valence-corrected chi connectivity index (χ4v) is 3.22. The van der Waals surface area contributed by atoms with Gasteiger partial charge >= 0.3 is 5.69 Å². The van der Waals surface area contributed by atoms with Crippen LogP contribution in [0.1, 0.15) is 25.3 Å². The van der Waals surface area contributed by atoms with Gasteiger partial charge in [0, 0.05) is 25.2 Å². The SMILES string of the molecule is CCCNc1nc2c(c(=O)n(CCC[O-])c(=O)n2C)n1Cc1ccc(Cl)cc1. The van der Waals surface area contributed by atoms with E-state index < -0.39 is 11.2 Å². The van der Waals surface area contributed by atoms with E-state index in [1.165, 1.54) is 4.57 Å². The number of hydrogen-bond donors (Lipinski definition) is 1. The van der Waals surface area contributed by atoms with E-state index in [4.69, 9.17) is 11.6 Å². The van der Waals surface area contributed by atoms with Gasteiger partial charge in [-0.15, -0.1) is 6.61 Å². The molecule has 0 saturated carbocycles. The zero-order chi connectivity index (χ0) is 20.3. The predicted molar refractivity (Wildman–Crippen MR) is 108 cm³/mol. The number of rotatable bonds is 8. The van der Waals surface area contributed by atoms with Crippen LogP contribution in [-0.4, -0.2) is 31.8 Å². The molecule has 2 heterocycles. The smallest absolute Gasteiger partial charge is 0.332 e. The highest BCUT2D eigenvalue weighted by Gasteiger charge is 2.20. The van der Waals surface area contributed by atoms with Crippen LogP contribution in [0.25, 0.3) is 11.2 Å². The Morgan fingerprint density at radius 2 is 1.89 bits per heavy atom. The molecule has 0 aliphatic rings. The van der Waals surface area contributed by atoms with Crippen LogP contribution in [0.2, 0.25) is 5.02 Å². The minimum Gasteiger partial charge on any atom is -0.854 e. The fraction of sp³-hybridized carbons (Fsp3) is 0.421. The van der Waals surface area contributed by atoms with Crippen LogP contribution in [0.5, 0.6) is 0 Å². The summed E-state index contributed by atoms with van der Waals surface area (Å²) >= 11 is 5.97. The minimum atomic E-state index is -0.468. The predicted octanol–water partition coefficient (Wildman–Crippen LogP) is 1.17. The van der Waals surface area contributed by atoms with Crippen LogP contribution in [0, 0.1) is 0 Å². The third-order valence-corrected chi connectivity index (χ3v) is 4.80. The Bertz CT molecular complexity index is 1080. The highest BCUT2D eigenvalue weighted by molar-refractivity contribution is 6.30. The molecule has 0 saturated heterocycles. The summed E-state index contributed by atoms with van der Waals surface area (Å²) in [6, 6.07) is 7.35. The van der Waals surface area contributed by atoms with E-state index in [1.807, 2.05) is 19.1 Å². The van der Waals surface area contributed by atoms with Gasteiger partial charge in [0.1, 0.15) is 0 Å². The Morgan fingerprint density at radius 1 is 1.18 bits per heavy atom. The summed E-state index contributed by atoms with van der Waals surface area (Å²) in [5.74, 6) is 0.528. The van der Waals surface area contributed by atoms with Crippen molar-refractivity contribution >= 4 is 28.7 Å². The lowest BCUT2D eigenvalue weighted by atomic mass is 10.2. The number of imidazole rings is 1. The molecule has 0 radical (unpaired) electrons. The average Bonchev–Trinajstić information content (AvgIpc) is 3.05. The zero-order valence-electron chi connectivity index (χ0n) is 15.9. The Morgan fingerprint density at radius 3 is 2.54 bits per heavy atom. The molecule has 0 amide bonds. The van der Waals surface area contributed by atoms with Crippen LogP contribution in [0.3, 0.4) is 0 Å². The van der Waals surface area contributed by atoms with Crippen molar-refractivity contribution in [2.45, 2.75) is 32.9 Å². The van der Waals surface area contributed by atoms with Gasteiger partial charge in [-0.05, 0) is 24.1 Å². The second-order valence-electron chi connectivity index (χ2n) is 6.60. The molecule has 3 aromatic rings. The number of anilines is 1. The summed E-state index contributed by atoms with van der Waals surface area (Å²) < 4.78 is 4.25. The van der Waals surface area contributed by atoms with Crippen LogP contribution in [-0.2, 0) is 20.1 Å². The molecule has 0 unspecified atom stereocenters. The van der Waals surface area contributed by atoms with E-state index in [1.54, 1.807) is 23.7 Å². The number of halogens is 1. The number of aryl methyl sites for hydroxylation is 1. The summed E-state index contributed by atoms with van der Waals surface area (Å²) in [6.45, 7) is 2.86. The average molecular weight is 405 g/mol. The van der Waals surface area contributed by atoms with Gasteiger partial charge in [0.2, 0.25) is 5.95 Å². The van der Waals surface area contributed by atoms with Gasteiger partial charge in [-0.2, -0.15) is 4.98 Å².